The number of nitrogens with zero attached hydrogens (tertiary/aromatic N) is 2. The number of rotatable bonds is 4. The lowest BCUT2D eigenvalue weighted by molar-refractivity contribution is 0.0942. The lowest BCUT2D eigenvalue weighted by atomic mass is 9.99. The summed E-state index contributed by atoms with van der Waals surface area (Å²) >= 11 is 0. The Balaban J connectivity index is 1.96. The zero-order chi connectivity index (χ0) is 16.9. The van der Waals surface area contributed by atoms with Gasteiger partial charge in [-0.15, -0.1) is 0 Å². The lowest BCUT2D eigenvalue weighted by Crippen LogP contribution is -2.29. The van der Waals surface area contributed by atoms with Crippen LogP contribution in [0, 0.1) is 11.6 Å². The van der Waals surface area contributed by atoms with Gasteiger partial charge in [0.25, 0.3) is 5.91 Å². The number of benzene rings is 1. The average molecular weight is 325 g/mol. The highest BCUT2D eigenvalue weighted by Crippen LogP contribution is 2.23. The molecule has 1 unspecified atom stereocenters. The first kappa shape index (κ1) is 15.7. The lowest BCUT2D eigenvalue weighted by Gasteiger charge is -2.19. The van der Waals surface area contributed by atoms with Gasteiger partial charge in [0, 0.05) is 30.4 Å². The summed E-state index contributed by atoms with van der Waals surface area (Å²) in [6, 6.07) is 9.48. The minimum Gasteiger partial charge on any atom is -0.341 e. The van der Waals surface area contributed by atoms with Crippen LogP contribution in [0.5, 0.6) is 0 Å². The van der Waals surface area contributed by atoms with Crippen LogP contribution in [-0.4, -0.2) is 15.9 Å². The Bertz CT molecular complexity index is 841. The molecule has 6 heteroatoms. The molecule has 1 aromatic carbocycles. The van der Waals surface area contributed by atoms with Crippen molar-refractivity contribution in [3.8, 4) is 0 Å². The number of carbonyl (C=O) groups excluding carboxylic acids is 1. The Labute approximate surface area is 137 Å². The quantitative estimate of drug-likeness (QED) is 0.801. The van der Waals surface area contributed by atoms with Crippen LogP contribution in [0.1, 0.15) is 27.5 Å². The fourth-order valence-electron chi connectivity index (χ4n) is 2.32. The molecule has 24 heavy (non-hydrogen) atoms. The first-order chi connectivity index (χ1) is 11.6. The summed E-state index contributed by atoms with van der Waals surface area (Å²) in [5.74, 6) is -2.26. The maximum absolute atomic E-state index is 13.6. The normalized spacial score (nSPS) is 11.8. The Hall–Kier alpha value is -3.15. The molecule has 1 N–H and O–H groups in total. The van der Waals surface area contributed by atoms with E-state index in [1.807, 2.05) is 0 Å². The SMILES string of the molecule is O=C(NC(c1cccnc1)c1ccc(F)c(F)c1)c1ccncc1. The molecule has 0 bridgehead atoms. The van der Waals surface area contributed by atoms with Crippen LogP contribution in [-0.2, 0) is 0 Å². The molecule has 4 nitrogen and oxygen atoms in total. The van der Waals surface area contributed by atoms with Gasteiger partial charge in [0.1, 0.15) is 0 Å². The predicted molar refractivity (Wildman–Crippen MR) is 84.1 cm³/mol. The molecule has 0 radical (unpaired) electrons. The van der Waals surface area contributed by atoms with Crippen molar-refractivity contribution in [2.75, 3.05) is 0 Å². The third-order valence-electron chi connectivity index (χ3n) is 3.51. The van der Waals surface area contributed by atoms with Gasteiger partial charge < -0.3 is 5.32 Å². The van der Waals surface area contributed by atoms with Crippen molar-refractivity contribution in [2.24, 2.45) is 0 Å². The Morgan fingerprint density at radius 3 is 2.38 bits per heavy atom. The summed E-state index contributed by atoms with van der Waals surface area (Å²) in [5, 5.41) is 2.82. The molecule has 0 aliphatic rings. The standard InChI is InChI=1S/C18H13F2N3O/c19-15-4-3-13(10-16(15)20)17(14-2-1-7-22-11-14)23-18(24)12-5-8-21-9-6-12/h1-11,17H,(H,23,24). The van der Waals surface area contributed by atoms with Crippen LogP contribution in [0.25, 0.3) is 0 Å². The van der Waals surface area contributed by atoms with Gasteiger partial charge in [-0.05, 0) is 41.5 Å². The van der Waals surface area contributed by atoms with Crippen molar-refractivity contribution in [1.29, 1.82) is 0 Å². The average Bonchev–Trinajstić information content (AvgIpc) is 2.63. The monoisotopic (exact) mass is 325 g/mol. The number of pyridine rings is 2. The minimum absolute atomic E-state index is 0.351. The Morgan fingerprint density at radius 2 is 1.71 bits per heavy atom. The number of carbonyl (C=O) groups is 1. The molecular formula is C18H13F2N3O. The molecule has 2 aromatic heterocycles. The fraction of sp³-hybridized carbons (Fsp3) is 0.0556. The third-order valence-corrected chi connectivity index (χ3v) is 3.51. The van der Waals surface area contributed by atoms with Crippen LogP contribution in [0.2, 0.25) is 0 Å². The van der Waals surface area contributed by atoms with Gasteiger partial charge in [-0.1, -0.05) is 12.1 Å². The zero-order valence-corrected chi connectivity index (χ0v) is 12.5. The van der Waals surface area contributed by atoms with E-state index in [-0.39, 0.29) is 5.91 Å². The number of amides is 1. The van der Waals surface area contributed by atoms with Crippen molar-refractivity contribution in [1.82, 2.24) is 15.3 Å². The van der Waals surface area contributed by atoms with Crippen molar-refractivity contribution in [3.63, 3.8) is 0 Å². The van der Waals surface area contributed by atoms with Crippen LogP contribution in [0.3, 0.4) is 0 Å². The first-order valence-electron chi connectivity index (χ1n) is 7.21. The number of hydrogen-bond acceptors (Lipinski definition) is 3. The molecule has 1 atom stereocenters. The summed E-state index contributed by atoms with van der Waals surface area (Å²) in [6.45, 7) is 0. The minimum atomic E-state index is -0.973. The third kappa shape index (κ3) is 3.43. The molecular weight excluding hydrogens is 312 g/mol. The second kappa shape index (κ2) is 6.95. The summed E-state index contributed by atoms with van der Waals surface area (Å²) in [7, 11) is 0. The topological polar surface area (TPSA) is 54.9 Å². The van der Waals surface area contributed by atoms with Gasteiger partial charge in [0.2, 0.25) is 0 Å². The summed E-state index contributed by atoms with van der Waals surface area (Å²) in [6.07, 6.45) is 6.17. The highest BCUT2D eigenvalue weighted by atomic mass is 19.2. The maximum Gasteiger partial charge on any atom is 0.252 e. The molecule has 0 fully saturated rings. The van der Waals surface area contributed by atoms with Crippen LogP contribution >= 0.6 is 0 Å². The summed E-state index contributed by atoms with van der Waals surface area (Å²) in [4.78, 5) is 20.3. The number of hydrogen-bond donors (Lipinski definition) is 1. The largest absolute Gasteiger partial charge is 0.341 e. The van der Waals surface area contributed by atoms with Gasteiger partial charge in [-0.25, -0.2) is 8.78 Å². The van der Waals surface area contributed by atoms with Gasteiger partial charge in [-0.3, -0.25) is 14.8 Å². The molecule has 0 aliphatic heterocycles. The van der Waals surface area contributed by atoms with Crippen LogP contribution < -0.4 is 5.32 Å². The van der Waals surface area contributed by atoms with Crippen molar-refractivity contribution in [3.05, 3.63) is 95.6 Å². The van der Waals surface area contributed by atoms with Gasteiger partial charge in [0.15, 0.2) is 11.6 Å². The molecule has 3 rings (SSSR count). The maximum atomic E-state index is 13.6. The Kier molecular flexibility index (Phi) is 4.56. The smallest absolute Gasteiger partial charge is 0.252 e. The van der Waals surface area contributed by atoms with Gasteiger partial charge in [-0.2, -0.15) is 0 Å². The molecule has 0 saturated carbocycles. The molecule has 0 spiro atoms. The van der Waals surface area contributed by atoms with E-state index >= 15 is 0 Å². The van der Waals surface area contributed by atoms with E-state index in [9.17, 15) is 13.6 Å². The fourth-order valence-corrected chi connectivity index (χ4v) is 2.32. The van der Waals surface area contributed by atoms with E-state index in [1.165, 1.54) is 18.5 Å². The van der Waals surface area contributed by atoms with Crippen molar-refractivity contribution >= 4 is 5.91 Å². The molecule has 1 amide bonds. The predicted octanol–water partition coefficient (Wildman–Crippen LogP) is 3.27. The van der Waals surface area contributed by atoms with E-state index in [2.05, 4.69) is 15.3 Å². The van der Waals surface area contributed by atoms with Crippen LogP contribution in [0.15, 0.2) is 67.3 Å². The van der Waals surface area contributed by atoms with E-state index in [1.54, 1.807) is 36.7 Å². The number of aromatic nitrogens is 2. The van der Waals surface area contributed by atoms with E-state index in [0.29, 0.717) is 16.7 Å². The summed E-state index contributed by atoms with van der Waals surface area (Å²) in [5.41, 5.74) is 1.50. The summed E-state index contributed by atoms with van der Waals surface area (Å²) < 4.78 is 26.8. The van der Waals surface area contributed by atoms with E-state index in [0.717, 1.165) is 12.1 Å². The Morgan fingerprint density at radius 1 is 0.917 bits per heavy atom. The van der Waals surface area contributed by atoms with Crippen LogP contribution in [0.4, 0.5) is 8.78 Å². The molecule has 3 aromatic rings. The molecule has 2 heterocycles. The first-order valence-corrected chi connectivity index (χ1v) is 7.21. The molecule has 0 aliphatic carbocycles. The second-order valence-electron chi connectivity index (χ2n) is 5.10. The van der Waals surface area contributed by atoms with Crippen molar-refractivity contribution < 1.29 is 13.6 Å². The highest BCUT2D eigenvalue weighted by Gasteiger charge is 2.19. The zero-order valence-electron chi connectivity index (χ0n) is 12.5. The van der Waals surface area contributed by atoms with E-state index < -0.39 is 17.7 Å². The number of nitrogens with one attached hydrogen (secondary N) is 1. The molecule has 0 saturated heterocycles. The molecule has 120 valence electrons. The van der Waals surface area contributed by atoms with Gasteiger partial charge in [0.05, 0.1) is 6.04 Å². The highest BCUT2D eigenvalue weighted by molar-refractivity contribution is 5.94. The van der Waals surface area contributed by atoms with Crippen molar-refractivity contribution in [2.45, 2.75) is 6.04 Å². The van der Waals surface area contributed by atoms with Gasteiger partial charge >= 0.3 is 0 Å². The van der Waals surface area contributed by atoms with E-state index in [4.69, 9.17) is 0 Å². The second-order valence-corrected chi connectivity index (χ2v) is 5.10. The number of halogens is 2.